The Bertz CT molecular complexity index is 709. The zero-order chi connectivity index (χ0) is 15.8. The molecule has 0 heterocycles. The maximum absolute atomic E-state index is 13.0. The average molecular weight is 422 g/mol. The molecule has 0 unspecified atom stereocenters. The summed E-state index contributed by atoms with van der Waals surface area (Å²) in [6, 6.07) is 7.98. The fourth-order valence-electron chi connectivity index (χ4n) is 1.89. The summed E-state index contributed by atoms with van der Waals surface area (Å²) < 4.78 is 40.1. The smallest absolute Gasteiger partial charge is 0.289 e. The minimum absolute atomic E-state index is 0.184. The number of alkyl halides is 3. The van der Waals surface area contributed by atoms with E-state index >= 15 is 0 Å². The second kappa shape index (κ2) is 5.93. The monoisotopic (exact) mass is 420 g/mol. The molecule has 0 aliphatic heterocycles. The first-order valence-electron chi connectivity index (χ1n) is 5.88. The van der Waals surface area contributed by atoms with Crippen LogP contribution in [0.5, 0.6) is 0 Å². The van der Waals surface area contributed by atoms with Gasteiger partial charge in [0, 0.05) is 20.1 Å². The van der Waals surface area contributed by atoms with Gasteiger partial charge in [-0.3, -0.25) is 4.79 Å². The third kappa shape index (κ3) is 3.37. The van der Waals surface area contributed by atoms with Crippen molar-refractivity contribution in [3.05, 3.63) is 67.6 Å². The van der Waals surface area contributed by atoms with E-state index in [-0.39, 0.29) is 11.1 Å². The number of carbonyl (C=O) groups is 1. The highest BCUT2D eigenvalue weighted by atomic mass is 79.9. The molecular formula is C15H9Br2F3O. The molecule has 0 radical (unpaired) electrons. The molecule has 6 heteroatoms. The number of hydrogen-bond acceptors (Lipinski definition) is 1. The van der Waals surface area contributed by atoms with Crippen molar-refractivity contribution in [3.8, 4) is 0 Å². The number of benzene rings is 2. The molecule has 2 aromatic carbocycles. The van der Waals surface area contributed by atoms with Crippen molar-refractivity contribution in [2.45, 2.75) is 13.1 Å². The lowest BCUT2D eigenvalue weighted by molar-refractivity contribution is -0.137. The largest absolute Gasteiger partial charge is 0.417 e. The van der Waals surface area contributed by atoms with Crippen LogP contribution in [0.15, 0.2) is 45.3 Å². The van der Waals surface area contributed by atoms with Crippen LogP contribution < -0.4 is 0 Å². The van der Waals surface area contributed by atoms with E-state index in [1.165, 1.54) is 24.3 Å². The van der Waals surface area contributed by atoms with Crippen molar-refractivity contribution in [2.75, 3.05) is 0 Å². The van der Waals surface area contributed by atoms with Gasteiger partial charge in [-0.25, -0.2) is 0 Å². The van der Waals surface area contributed by atoms with Gasteiger partial charge in [0.1, 0.15) is 0 Å². The predicted octanol–water partition coefficient (Wildman–Crippen LogP) is 5.77. The predicted molar refractivity (Wildman–Crippen MR) is 81.5 cm³/mol. The Morgan fingerprint density at radius 2 is 1.62 bits per heavy atom. The Morgan fingerprint density at radius 3 is 2.24 bits per heavy atom. The lowest BCUT2D eigenvalue weighted by atomic mass is 9.97. The van der Waals surface area contributed by atoms with Gasteiger partial charge in [-0.15, -0.1) is 0 Å². The average Bonchev–Trinajstić information content (AvgIpc) is 2.41. The molecule has 0 aliphatic carbocycles. The van der Waals surface area contributed by atoms with Crippen molar-refractivity contribution in [1.82, 2.24) is 0 Å². The van der Waals surface area contributed by atoms with Gasteiger partial charge in [0.05, 0.1) is 5.56 Å². The first kappa shape index (κ1) is 16.2. The van der Waals surface area contributed by atoms with E-state index in [1.807, 2.05) is 6.92 Å². The molecule has 0 atom stereocenters. The Labute approximate surface area is 136 Å². The quantitative estimate of drug-likeness (QED) is 0.562. The molecule has 0 aromatic heterocycles. The van der Waals surface area contributed by atoms with Crippen LogP contribution in [0.2, 0.25) is 0 Å². The maximum atomic E-state index is 13.0. The summed E-state index contributed by atoms with van der Waals surface area (Å²) in [5.41, 5.74) is -0.230. The van der Waals surface area contributed by atoms with Crippen LogP contribution in [0.4, 0.5) is 13.2 Å². The molecule has 110 valence electrons. The number of ketones is 1. The molecule has 0 fully saturated rings. The Hall–Kier alpha value is -1.14. The van der Waals surface area contributed by atoms with Gasteiger partial charge < -0.3 is 0 Å². The number of aryl methyl sites for hydroxylation is 1. The SMILES string of the molecule is Cc1cc(Br)c(C(=O)c2ccccc2C(F)(F)F)cc1Br. The Morgan fingerprint density at radius 1 is 1.00 bits per heavy atom. The second-order valence-corrected chi connectivity index (χ2v) is 6.16. The van der Waals surface area contributed by atoms with Crippen LogP contribution in [-0.4, -0.2) is 5.78 Å². The van der Waals surface area contributed by atoms with E-state index in [0.29, 0.717) is 8.95 Å². The first-order valence-corrected chi connectivity index (χ1v) is 7.47. The first-order chi connectivity index (χ1) is 9.71. The lowest BCUT2D eigenvalue weighted by Crippen LogP contribution is -2.14. The van der Waals surface area contributed by atoms with Crippen LogP contribution in [-0.2, 0) is 6.18 Å². The molecule has 1 nitrogen and oxygen atoms in total. The molecule has 0 saturated carbocycles. The van der Waals surface area contributed by atoms with Crippen molar-refractivity contribution >= 4 is 37.6 Å². The van der Waals surface area contributed by atoms with Gasteiger partial charge in [0.25, 0.3) is 0 Å². The molecule has 2 rings (SSSR count). The normalized spacial score (nSPS) is 11.5. The number of hydrogen-bond donors (Lipinski definition) is 0. The van der Waals surface area contributed by atoms with Crippen LogP contribution in [0.25, 0.3) is 0 Å². The molecule has 0 amide bonds. The fraction of sp³-hybridized carbons (Fsp3) is 0.133. The highest BCUT2D eigenvalue weighted by Crippen LogP contribution is 2.34. The second-order valence-electron chi connectivity index (χ2n) is 4.45. The van der Waals surface area contributed by atoms with E-state index in [9.17, 15) is 18.0 Å². The van der Waals surface area contributed by atoms with Crippen molar-refractivity contribution in [2.24, 2.45) is 0 Å². The van der Waals surface area contributed by atoms with Crippen molar-refractivity contribution in [3.63, 3.8) is 0 Å². The summed E-state index contributed by atoms with van der Waals surface area (Å²) >= 11 is 6.52. The number of carbonyl (C=O) groups excluding carboxylic acids is 1. The van der Waals surface area contributed by atoms with Gasteiger partial charge in [0.15, 0.2) is 5.78 Å². The van der Waals surface area contributed by atoms with Crippen LogP contribution in [0, 0.1) is 6.92 Å². The van der Waals surface area contributed by atoms with Crippen molar-refractivity contribution < 1.29 is 18.0 Å². The highest BCUT2D eigenvalue weighted by molar-refractivity contribution is 9.11. The molecule has 0 bridgehead atoms. The molecule has 2 aromatic rings. The molecule has 0 N–H and O–H groups in total. The van der Waals surface area contributed by atoms with Gasteiger partial charge in [-0.2, -0.15) is 13.2 Å². The summed E-state index contributed by atoms with van der Waals surface area (Å²) in [4.78, 5) is 12.4. The summed E-state index contributed by atoms with van der Waals surface area (Å²) in [5.74, 6) is -0.671. The number of rotatable bonds is 2. The third-order valence-electron chi connectivity index (χ3n) is 2.97. The summed E-state index contributed by atoms with van der Waals surface area (Å²) in [6.07, 6.45) is -4.57. The summed E-state index contributed by atoms with van der Waals surface area (Å²) in [6.45, 7) is 1.83. The minimum Gasteiger partial charge on any atom is -0.289 e. The van der Waals surface area contributed by atoms with Gasteiger partial charge >= 0.3 is 6.18 Å². The van der Waals surface area contributed by atoms with Crippen molar-refractivity contribution in [1.29, 1.82) is 0 Å². The zero-order valence-corrected chi connectivity index (χ0v) is 13.9. The molecular weight excluding hydrogens is 413 g/mol. The Kier molecular flexibility index (Phi) is 4.58. The number of halogens is 5. The zero-order valence-electron chi connectivity index (χ0n) is 10.8. The molecule has 0 saturated heterocycles. The molecule has 0 aliphatic rings. The topological polar surface area (TPSA) is 17.1 Å². The van der Waals surface area contributed by atoms with E-state index in [2.05, 4.69) is 31.9 Å². The van der Waals surface area contributed by atoms with E-state index in [4.69, 9.17) is 0 Å². The van der Waals surface area contributed by atoms with E-state index in [1.54, 1.807) is 6.07 Å². The lowest BCUT2D eigenvalue weighted by Gasteiger charge is -2.13. The fourth-order valence-corrected chi connectivity index (χ4v) is 2.87. The standard InChI is InChI=1S/C15H9Br2F3O/c1-8-6-13(17)10(7-12(8)16)14(21)9-4-2-3-5-11(9)15(18,19)20/h2-7H,1H3. The van der Waals surface area contributed by atoms with Crippen LogP contribution >= 0.6 is 31.9 Å². The van der Waals surface area contributed by atoms with Crippen LogP contribution in [0.1, 0.15) is 27.0 Å². The summed E-state index contributed by atoms with van der Waals surface area (Å²) in [7, 11) is 0. The van der Waals surface area contributed by atoms with Gasteiger partial charge in [-0.05, 0) is 30.7 Å². The Balaban J connectivity index is 2.59. The van der Waals surface area contributed by atoms with E-state index in [0.717, 1.165) is 11.6 Å². The maximum Gasteiger partial charge on any atom is 0.417 e. The third-order valence-corrected chi connectivity index (χ3v) is 4.48. The van der Waals surface area contributed by atoms with Crippen LogP contribution in [0.3, 0.4) is 0 Å². The summed E-state index contributed by atoms with van der Waals surface area (Å²) in [5, 5.41) is 0. The molecule has 21 heavy (non-hydrogen) atoms. The minimum atomic E-state index is -4.57. The van der Waals surface area contributed by atoms with E-state index < -0.39 is 17.5 Å². The highest BCUT2D eigenvalue weighted by Gasteiger charge is 2.35. The van der Waals surface area contributed by atoms with Gasteiger partial charge in [0.2, 0.25) is 0 Å². The molecule has 0 spiro atoms. The van der Waals surface area contributed by atoms with Gasteiger partial charge in [-0.1, -0.05) is 50.1 Å².